The van der Waals surface area contributed by atoms with Gasteiger partial charge < -0.3 is 10.1 Å². The first-order valence-electron chi connectivity index (χ1n) is 9.93. The molecule has 33 heavy (non-hydrogen) atoms. The summed E-state index contributed by atoms with van der Waals surface area (Å²) in [5.74, 6) is 0.157. The van der Waals surface area contributed by atoms with Crippen molar-refractivity contribution in [2.45, 2.75) is 20.5 Å². The van der Waals surface area contributed by atoms with E-state index in [-0.39, 0.29) is 17.9 Å². The molecule has 0 aliphatic carbocycles. The number of halogens is 1. The van der Waals surface area contributed by atoms with E-state index < -0.39 is 10.8 Å². The molecule has 0 atom stereocenters. The van der Waals surface area contributed by atoms with E-state index >= 15 is 0 Å². The summed E-state index contributed by atoms with van der Waals surface area (Å²) in [6, 6.07) is 19.1. The Balaban J connectivity index is 1.70. The minimum absolute atomic E-state index is 0.00810. The number of nitro benzene ring substituents is 1. The summed E-state index contributed by atoms with van der Waals surface area (Å²) in [6.45, 7) is 4.13. The lowest BCUT2D eigenvalue weighted by Crippen LogP contribution is -2.14. The zero-order valence-corrected chi connectivity index (χ0v) is 20.1. The van der Waals surface area contributed by atoms with Crippen molar-refractivity contribution in [2.75, 3.05) is 5.32 Å². The molecule has 0 saturated heterocycles. The molecule has 0 radical (unpaired) electrons. The zero-order chi connectivity index (χ0) is 24.0. The highest BCUT2D eigenvalue weighted by Crippen LogP contribution is 2.25. The third-order valence-corrected chi connectivity index (χ3v) is 5.87. The minimum atomic E-state index is -0.472. The minimum Gasteiger partial charge on any atom is -0.488 e. The SMILES string of the molecule is Cc1cccc(NC(=O)/C(C#N)=C/c2ccc(OCc3ccc([N+](=O)[O-])cc3)c(I)c2)c1C. The van der Waals surface area contributed by atoms with Gasteiger partial charge in [-0.25, -0.2) is 0 Å². The van der Waals surface area contributed by atoms with Gasteiger partial charge in [0.15, 0.2) is 0 Å². The topological polar surface area (TPSA) is 105 Å². The van der Waals surface area contributed by atoms with Crippen LogP contribution in [0.1, 0.15) is 22.3 Å². The molecule has 0 fully saturated rings. The van der Waals surface area contributed by atoms with Gasteiger partial charge in [-0.2, -0.15) is 5.26 Å². The van der Waals surface area contributed by atoms with E-state index in [0.717, 1.165) is 20.3 Å². The maximum atomic E-state index is 12.6. The van der Waals surface area contributed by atoms with Gasteiger partial charge in [0, 0.05) is 17.8 Å². The number of nitriles is 1. The van der Waals surface area contributed by atoms with E-state index in [1.807, 2.05) is 38.1 Å². The maximum Gasteiger partial charge on any atom is 0.269 e. The Morgan fingerprint density at radius 3 is 2.55 bits per heavy atom. The van der Waals surface area contributed by atoms with E-state index in [2.05, 4.69) is 27.9 Å². The summed E-state index contributed by atoms with van der Waals surface area (Å²) >= 11 is 2.12. The number of amides is 1. The lowest BCUT2D eigenvalue weighted by Gasteiger charge is -2.10. The Labute approximate surface area is 205 Å². The van der Waals surface area contributed by atoms with Gasteiger partial charge >= 0.3 is 0 Å². The first kappa shape index (κ1) is 23.9. The van der Waals surface area contributed by atoms with Gasteiger partial charge in [0.1, 0.15) is 24.0 Å². The molecule has 8 heteroatoms. The quantitative estimate of drug-likeness (QED) is 0.128. The molecule has 3 rings (SSSR count). The highest BCUT2D eigenvalue weighted by atomic mass is 127. The summed E-state index contributed by atoms with van der Waals surface area (Å²) in [5.41, 5.74) is 4.18. The van der Waals surface area contributed by atoms with Gasteiger partial charge in [0.25, 0.3) is 11.6 Å². The van der Waals surface area contributed by atoms with Crippen LogP contribution >= 0.6 is 22.6 Å². The van der Waals surface area contributed by atoms with Crippen LogP contribution < -0.4 is 10.1 Å². The van der Waals surface area contributed by atoms with Crippen molar-refractivity contribution in [3.63, 3.8) is 0 Å². The Kier molecular flexibility index (Phi) is 7.79. The van der Waals surface area contributed by atoms with Crippen molar-refractivity contribution in [3.8, 4) is 11.8 Å². The number of rotatable bonds is 7. The van der Waals surface area contributed by atoms with E-state index in [0.29, 0.717) is 17.0 Å². The zero-order valence-electron chi connectivity index (χ0n) is 18.0. The molecule has 166 valence electrons. The van der Waals surface area contributed by atoms with Crippen LogP contribution in [0.5, 0.6) is 5.75 Å². The molecule has 1 amide bonds. The molecule has 0 aromatic heterocycles. The highest BCUT2D eigenvalue weighted by molar-refractivity contribution is 14.1. The average molecular weight is 553 g/mol. The van der Waals surface area contributed by atoms with Gasteiger partial charge in [0.05, 0.1) is 8.49 Å². The van der Waals surface area contributed by atoms with Crippen molar-refractivity contribution in [2.24, 2.45) is 0 Å². The molecular weight excluding hydrogens is 533 g/mol. The number of carbonyl (C=O) groups excluding carboxylic acids is 1. The lowest BCUT2D eigenvalue weighted by atomic mass is 10.1. The number of hydrogen-bond acceptors (Lipinski definition) is 5. The van der Waals surface area contributed by atoms with Crippen molar-refractivity contribution in [3.05, 3.63) is 102 Å². The molecule has 1 N–H and O–H groups in total. The summed E-state index contributed by atoms with van der Waals surface area (Å²) < 4.78 is 6.62. The fourth-order valence-corrected chi connectivity index (χ4v) is 3.69. The first-order chi connectivity index (χ1) is 15.8. The Bertz CT molecular complexity index is 1280. The molecule has 3 aromatic rings. The highest BCUT2D eigenvalue weighted by Gasteiger charge is 2.12. The molecule has 0 heterocycles. The third-order valence-electron chi connectivity index (χ3n) is 5.03. The number of hydrogen-bond donors (Lipinski definition) is 1. The average Bonchev–Trinajstić information content (AvgIpc) is 2.80. The molecular formula is C25H20IN3O4. The fourth-order valence-electron chi connectivity index (χ4n) is 2.99. The normalized spacial score (nSPS) is 10.9. The number of nitrogens with zero attached hydrogens (tertiary/aromatic N) is 2. The molecule has 0 aliphatic rings. The fraction of sp³-hybridized carbons (Fsp3) is 0.120. The second kappa shape index (κ2) is 10.7. The summed E-state index contributed by atoms with van der Waals surface area (Å²) in [7, 11) is 0. The van der Waals surface area contributed by atoms with Crippen LogP contribution in [0.4, 0.5) is 11.4 Å². The van der Waals surface area contributed by atoms with Crippen molar-refractivity contribution < 1.29 is 14.5 Å². The van der Waals surface area contributed by atoms with Crippen LogP contribution in [-0.2, 0) is 11.4 Å². The van der Waals surface area contributed by atoms with Gasteiger partial charge in [-0.1, -0.05) is 18.2 Å². The molecule has 0 bridgehead atoms. The maximum absolute atomic E-state index is 12.6. The molecule has 3 aromatic carbocycles. The molecule has 7 nitrogen and oxygen atoms in total. The number of anilines is 1. The number of carbonyl (C=O) groups is 1. The van der Waals surface area contributed by atoms with Crippen molar-refractivity contribution in [1.82, 2.24) is 0 Å². The Hall–Kier alpha value is -3.71. The number of non-ortho nitro benzene ring substituents is 1. The third kappa shape index (κ3) is 6.17. The molecule has 0 aliphatic heterocycles. The number of nitrogens with one attached hydrogen (secondary N) is 1. The van der Waals surface area contributed by atoms with Crippen molar-refractivity contribution >= 4 is 45.9 Å². The van der Waals surface area contributed by atoms with E-state index in [9.17, 15) is 20.2 Å². The van der Waals surface area contributed by atoms with Crippen LogP contribution in [0.3, 0.4) is 0 Å². The van der Waals surface area contributed by atoms with Gasteiger partial charge in [-0.3, -0.25) is 14.9 Å². The van der Waals surface area contributed by atoms with Crippen LogP contribution in [-0.4, -0.2) is 10.8 Å². The first-order valence-corrected chi connectivity index (χ1v) is 11.0. The number of ether oxygens (including phenoxy) is 1. The van der Waals surface area contributed by atoms with E-state index in [1.165, 1.54) is 18.2 Å². The van der Waals surface area contributed by atoms with Gasteiger partial charge in [-0.15, -0.1) is 0 Å². The second-order valence-corrected chi connectivity index (χ2v) is 8.44. The largest absolute Gasteiger partial charge is 0.488 e. The smallest absolute Gasteiger partial charge is 0.269 e. The summed E-state index contributed by atoms with van der Waals surface area (Å²) in [5, 5.41) is 23.1. The Morgan fingerprint density at radius 2 is 1.91 bits per heavy atom. The van der Waals surface area contributed by atoms with Crippen LogP contribution in [0.2, 0.25) is 0 Å². The number of aryl methyl sites for hydroxylation is 1. The van der Waals surface area contributed by atoms with E-state index in [4.69, 9.17) is 4.74 Å². The number of benzene rings is 3. The second-order valence-electron chi connectivity index (χ2n) is 7.27. The monoisotopic (exact) mass is 553 g/mol. The predicted molar refractivity (Wildman–Crippen MR) is 135 cm³/mol. The Morgan fingerprint density at radius 1 is 1.18 bits per heavy atom. The molecule has 0 spiro atoms. The number of nitro groups is 1. The van der Waals surface area contributed by atoms with Gasteiger partial charge in [0.2, 0.25) is 0 Å². The van der Waals surface area contributed by atoms with Crippen LogP contribution in [0, 0.1) is 38.9 Å². The molecule has 0 saturated carbocycles. The summed E-state index contributed by atoms with van der Waals surface area (Å²) in [4.78, 5) is 22.9. The van der Waals surface area contributed by atoms with Crippen molar-refractivity contribution in [1.29, 1.82) is 5.26 Å². The standard InChI is InChI=1S/C25H20IN3O4/c1-16-4-3-5-23(17(16)2)28-25(30)20(14-27)12-19-8-11-24(22(26)13-19)33-15-18-6-9-21(10-7-18)29(31)32/h3-13H,15H2,1-2H3,(H,28,30)/b20-12+. The predicted octanol–water partition coefficient (Wildman–Crippen LogP) is 5.94. The van der Waals surface area contributed by atoms with Crippen LogP contribution in [0.25, 0.3) is 6.08 Å². The van der Waals surface area contributed by atoms with E-state index in [1.54, 1.807) is 30.3 Å². The summed E-state index contributed by atoms with van der Waals surface area (Å²) in [6.07, 6.45) is 1.53. The molecule has 0 unspecified atom stereocenters. The van der Waals surface area contributed by atoms with Gasteiger partial charge in [-0.05, 0) is 95.1 Å². The van der Waals surface area contributed by atoms with Crippen LogP contribution in [0.15, 0.2) is 66.2 Å². The lowest BCUT2D eigenvalue weighted by molar-refractivity contribution is -0.384.